The second-order valence-electron chi connectivity index (χ2n) is 11.1. The second kappa shape index (κ2) is 8.99. The Kier molecular flexibility index (Phi) is 5.27. The molecule has 3 aliphatic heterocycles. The fourth-order valence-corrected chi connectivity index (χ4v) is 6.92. The van der Waals surface area contributed by atoms with E-state index in [0.717, 1.165) is 15.7 Å². The highest BCUT2D eigenvalue weighted by Crippen LogP contribution is 2.56. The van der Waals surface area contributed by atoms with E-state index in [1.165, 1.54) is 18.2 Å². The predicted molar refractivity (Wildman–Crippen MR) is 154 cm³/mol. The Morgan fingerprint density at radius 2 is 1.67 bits per heavy atom. The molecule has 10 heteroatoms. The number of imide groups is 1. The van der Waals surface area contributed by atoms with Crippen molar-refractivity contribution in [2.45, 2.75) is 12.8 Å². The lowest BCUT2D eigenvalue weighted by atomic mass is 9.64. The number of non-ortho nitro benzene ring substituents is 1. The van der Waals surface area contributed by atoms with Crippen LogP contribution in [0.15, 0.2) is 78.9 Å². The average Bonchev–Trinajstić information content (AvgIpc) is 3.58. The summed E-state index contributed by atoms with van der Waals surface area (Å²) in [6.07, 6.45) is 1.90. The Balaban J connectivity index is 1.34. The molecule has 4 aromatic rings. The maximum absolute atomic E-state index is 14.3. The number of anilines is 1. The number of carbonyl (C=O) groups is 3. The molecule has 43 heavy (non-hydrogen) atoms. The van der Waals surface area contributed by atoms with Crippen LogP contribution in [0.3, 0.4) is 0 Å². The second-order valence-corrected chi connectivity index (χ2v) is 11.1. The monoisotopic (exact) mass is 574 g/mol. The Bertz CT molecular complexity index is 1980. The fraction of sp³-hybridized carbons (Fsp3) is 0.182. The quantitative estimate of drug-likeness (QED) is 0.106. The molecule has 0 unspecified atom stereocenters. The van der Waals surface area contributed by atoms with Crippen molar-refractivity contribution in [1.29, 1.82) is 0 Å². The van der Waals surface area contributed by atoms with E-state index < -0.39 is 46.4 Å². The van der Waals surface area contributed by atoms with Gasteiger partial charge >= 0.3 is 5.97 Å². The number of esters is 1. The van der Waals surface area contributed by atoms with Gasteiger partial charge < -0.3 is 14.2 Å². The third kappa shape index (κ3) is 3.56. The number of allylic oxidation sites excluding steroid dienone is 1. The number of amides is 2. The Labute approximate surface area is 244 Å². The molecule has 4 atom stereocenters. The fourth-order valence-electron chi connectivity index (χ4n) is 6.92. The van der Waals surface area contributed by atoms with Crippen LogP contribution < -0.4 is 19.1 Å². The third-order valence-electron chi connectivity index (χ3n) is 8.91. The summed E-state index contributed by atoms with van der Waals surface area (Å²) < 4.78 is 17.0. The maximum atomic E-state index is 14.3. The molecule has 0 saturated carbocycles. The van der Waals surface area contributed by atoms with E-state index in [0.29, 0.717) is 39.5 Å². The summed E-state index contributed by atoms with van der Waals surface area (Å²) in [5.74, 6) is -3.95. The van der Waals surface area contributed by atoms with Gasteiger partial charge in [-0.05, 0) is 41.1 Å². The van der Waals surface area contributed by atoms with Gasteiger partial charge in [0.2, 0.25) is 18.6 Å². The highest BCUT2D eigenvalue weighted by atomic mass is 16.7. The molecule has 3 heterocycles. The minimum atomic E-state index is -1.09. The van der Waals surface area contributed by atoms with Crippen LogP contribution in [-0.2, 0) is 14.4 Å². The molecule has 0 bridgehead atoms. The first-order valence-corrected chi connectivity index (χ1v) is 13.8. The molecule has 0 spiro atoms. The van der Waals surface area contributed by atoms with Gasteiger partial charge in [0, 0.05) is 29.0 Å². The van der Waals surface area contributed by atoms with E-state index in [2.05, 4.69) is 0 Å². The van der Waals surface area contributed by atoms with Crippen molar-refractivity contribution >= 4 is 45.5 Å². The number of nitrogens with zero attached hydrogens (tertiary/aromatic N) is 2. The van der Waals surface area contributed by atoms with Gasteiger partial charge in [-0.15, -0.1) is 0 Å². The van der Waals surface area contributed by atoms with Crippen molar-refractivity contribution in [3.8, 4) is 17.2 Å². The van der Waals surface area contributed by atoms with Crippen molar-refractivity contribution in [1.82, 2.24) is 0 Å². The minimum Gasteiger partial charge on any atom is -0.454 e. The van der Waals surface area contributed by atoms with Crippen LogP contribution in [0, 0.1) is 34.8 Å². The minimum absolute atomic E-state index is 0.0716. The Hall–Kier alpha value is -5.51. The number of carbonyl (C=O) groups excluding carboxylic acids is 3. The smallest absolute Gasteiger partial charge is 0.319 e. The molecule has 1 saturated heterocycles. The number of nitro groups is 1. The standard InChI is InChI=1S/C33H22N2O8/c1-16-6-9-19(35(39)40)13-24(16)34-31(36)27-22(18-8-11-25-26(12-18)42-15-41-25)14-23-21-10-7-17-4-2-3-5-20(17)30(21)43-33(38)28(23)29(27)32(34)37/h2-14,22,27-29H,15H2,1H3/t22-,27-,28+,29-/m0/s1. The molecule has 10 nitrogen and oxygen atoms in total. The largest absolute Gasteiger partial charge is 0.454 e. The first-order valence-electron chi connectivity index (χ1n) is 13.8. The molecule has 2 amide bonds. The third-order valence-corrected chi connectivity index (χ3v) is 8.91. The van der Waals surface area contributed by atoms with Crippen molar-refractivity contribution in [3.63, 3.8) is 0 Å². The van der Waals surface area contributed by atoms with Crippen LogP contribution in [0.2, 0.25) is 0 Å². The number of aryl methyl sites for hydroxylation is 1. The molecule has 212 valence electrons. The van der Waals surface area contributed by atoms with Gasteiger partial charge in [0.25, 0.3) is 5.69 Å². The van der Waals surface area contributed by atoms with E-state index in [-0.39, 0.29) is 18.2 Å². The van der Waals surface area contributed by atoms with Gasteiger partial charge in [-0.25, -0.2) is 4.90 Å². The zero-order chi connectivity index (χ0) is 29.6. The molecular formula is C33H22N2O8. The van der Waals surface area contributed by atoms with E-state index in [1.807, 2.05) is 48.5 Å². The summed E-state index contributed by atoms with van der Waals surface area (Å²) in [5.41, 5.74) is 2.39. The van der Waals surface area contributed by atoms with Crippen LogP contribution in [-0.4, -0.2) is 29.5 Å². The number of hydrogen-bond donors (Lipinski definition) is 0. The molecule has 0 aromatic heterocycles. The molecule has 4 aliphatic rings. The highest BCUT2D eigenvalue weighted by molar-refractivity contribution is 6.25. The maximum Gasteiger partial charge on any atom is 0.319 e. The van der Waals surface area contributed by atoms with Crippen LogP contribution in [0.25, 0.3) is 16.3 Å². The highest BCUT2D eigenvalue weighted by Gasteiger charge is 2.60. The van der Waals surface area contributed by atoms with Crippen LogP contribution in [0.5, 0.6) is 17.2 Å². The van der Waals surface area contributed by atoms with Crippen molar-refractivity contribution in [2.75, 3.05) is 11.7 Å². The SMILES string of the molecule is Cc1ccc([N+](=O)[O-])cc1N1C(=O)[C@@H]2[C@@H]3C(=O)Oc4c(ccc5ccccc45)C3=C[C@@H](c3ccc4c(c3)OCO4)[C@@H]2C1=O. The number of hydrogen-bond acceptors (Lipinski definition) is 8. The first kappa shape index (κ1) is 25.2. The summed E-state index contributed by atoms with van der Waals surface area (Å²) in [5, 5.41) is 13.2. The average molecular weight is 575 g/mol. The topological polar surface area (TPSA) is 125 Å². The van der Waals surface area contributed by atoms with Crippen molar-refractivity contribution in [3.05, 3.63) is 106 Å². The molecule has 1 fully saturated rings. The van der Waals surface area contributed by atoms with E-state index in [1.54, 1.807) is 19.1 Å². The molecular weight excluding hydrogens is 552 g/mol. The summed E-state index contributed by atoms with van der Waals surface area (Å²) >= 11 is 0. The van der Waals surface area contributed by atoms with Crippen molar-refractivity contribution in [2.24, 2.45) is 17.8 Å². The number of benzene rings is 4. The van der Waals surface area contributed by atoms with E-state index in [4.69, 9.17) is 14.2 Å². The van der Waals surface area contributed by atoms with E-state index in [9.17, 15) is 24.5 Å². The molecule has 4 aromatic carbocycles. The molecule has 1 aliphatic carbocycles. The van der Waals surface area contributed by atoms with E-state index >= 15 is 0 Å². The number of ether oxygens (including phenoxy) is 3. The van der Waals surface area contributed by atoms with Crippen LogP contribution >= 0.6 is 0 Å². The lowest BCUT2D eigenvalue weighted by Gasteiger charge is -2.38. The lowest BCUT2D eigenvalue weighted by Crippen LogP contribution is -2.42. The predicted octanol–water partition coefficient (Wildman–Crippen LogP) is 5.31. The zero-order valence-electron chi connectivity index (χ0n) is 22.7. The first-order chi connectivity index (χ1) is 20.8. The van der Waals surface area contributed by atoms with Crippen LogP contribution in [0.4, 0.5) is 11.4 Å². The van der Waals surface area contributed by atoms with Gasteiger partial charge in [0.05, 0.1) is 28.4 Å². The summed E-state index contributed by atoms with van der Waals surface area (Å²) in [4.78, 5) is 54.5. The molecule has 0 N–H and O–H groups in total. The van der Waals surface area contributed by atoms with Crippen molar-refractivity contribution < 1.29 is 33.5 Å². The lowest BCUT2D eigenvalue weighted by molar-refractivity contribution is -0.384. The Morgan fingerprint density at radius 3 is 2.51 bits per heavy atom. The molecule has 0 radical (unpaired) electrons. The number of rotatable bonds is 3. The zero-order valence-corrected chi connectivity index (χ0v) is 22.7. The van der Waals surface area contributed by atoms with Gasteiger partial charge in [-0.1, -0.05) is 54.6 Å². The van der Waals surface area contributed by atoms with Crippen LogP contribution in [0.1, 0.15) is 22.6 Å². The summed E-state index contributed by atoms with van der Waals surface area (Å²) in [6, 6.07) is 20.8. The van der Waals surface area contributed by atoms with Gasteiger partial charge in [0.1, 0.15) is 5.75 Å². The summed E-state index contributed by atoms with van der Waals surface area (Å²) in [6.45, 7) is 1.75. The normalized spacial score (nSPS) is 23.4. The summed E-state index contributed by atoms with van der Waals surface area (Å²) in [7, 11) is 0. The van der Waals surface area contributed by atoms with Gasteiger partial charge in [0.15, 0.2) is 11.5 Å². The Morgan fingerprint density at radius 1 is 0.884 bits per heavy atom. The molecule has 8 rings (SSSR count). The number of fused-ring (bicyclic) bond motifs is 8. The van der Waals surface area contributed by atoms with Gasteiger partial charge in [-0.2, -0.15) is 0 Å². The number of nitro benzene ring substituents is 1. The van der Waals surface area contributed by atoms with Gasteiger partial charge in [-0.3, -0.25) is 24.5 Å².